The van der Waals surface area contributed by atoms with E-state index in [4.69, 9.17) is 16.7 Å². The van der Waals surface area contributed by atoms with Crippen molar-refractivity contribution < 1.29 is 13.5 Å². The lowest BCUT2D eigenvalue weighted by Gasteiger charge is -2.09. The van der Waals surface area contributed by atoms with E-state index in [2.05, 4.69) is 4.72 Å². The largest absolute Gasteiger partial charge is 0.392 e. The van der Waals surface area contributed by atoms with Gasteiger partial charge in [-0.1, -0.05) is 48.0 Å². The van der Waals surface area contributed by atoms with Crippen molar-refractivity contribution in [3.8, 4) is 0 Å². The second-order valence-electron chi connectivity index (χ2n) is 4.56. The molecule has 6 heteroatoms. The van der Waals surface area contributed by atoms with Gasteiger partial charge in [0.1, 0.15) is 4.90 Å². The summed E-state index contributed by atoms with van der Waals surface area (Å²) in [5.41, 5.74) is 1.55. The lowest BCUT2D eigenvalue weighted by molar-refractivity contribution is 0.281. The van der Waals surface area contributed by atoms with Crippen molar-refractivity contribution in [2.45, 2.75) is 17.9 Å². The highest BCUT2D eigenvalue weighted by Gasteiger charge is 2.17. The molecular formula is C15H16ClNO3S. The van der Waals surface area contributed by atoms with Gasteiger partial charge in [0.2, 0.25) is 10.0 Å². The predicted octanol–water partition coefficient (Wildman–Crippen LogP) is 2.35. The van der Waals surface area contributed by atoms with E-state index in [1.165, 1.54) is 12.1 Å². The molecule has 112 valence electrons. The number of sulfonamides is 1. The van der Waals surface area contributed by atoms with Crippen molar-refractivity contribution in [3.63, 3.8) is 0 Å². The Hall–Kier alpha value is -1.40. The second kappa shape index (κ2) is 7.04. The summed E-state index contributed by atoms with van der Waals surface area (Å²) >= 11 is 5.93. The first-order chi connectivity index (χ1) is 10.0. The molecule has 0 aliphatic heterocycles. The topological polar surface area (TPSA) is 66.4 Å². The molecule has 4 nitrogen and oxygen atoms in total. The van der Waals surface area contributed by atoms with Gasteiger partial charge in [-0.15, -0.1) is 0 Å². The van der Waals surface area contributed by atoms with E-state index < -0.39 is 10.0 Å². The number of hydrogen-bond donors (Lipinski definition) is 2. The third-order valence-corrected chi connectivity index (χ3v) is 4.96. The number of nitrogens with one attached hydrogen (secondary N) is 1. The Morgan fingerprint density at radius 1 is 1.05 bits per heavy atom. The molecule has 0 saturated heterocycles. The Morgan fingerprint density at radius 3 is 2.43 bits per heavy atom. The average molecular weight is 326 g/mol. The summed E-state index contributed by atoms with van der Waals surface area (Å²) in [6, 6.07) is 14.0. The molecule has 0 unspecified atom stereocenters. The predicted molar refractivity (Wildman–Crippen MR) is 82.7 cm³/mol. The Balaban J connectivity index is 2.08. The molecule has 21 heavy (non-hydrogen) atoms. The fourth-order valence-corrected chi connectivity index (χ4v) is 3.48. The van der Waals surface area contributed by atoms with E-state index in [-0.39, 0.29) is 23.1 Å². The zero-order chi connectivity index (χ0) is 15.3. The molecule has 2 aromatic carbocycles. The van der Waals surface area contributed by atoms with Gasteiger partial charge in [-0.2, -0.15) is 0 Å². The van der Waals surface area contributed by atoms with E-state index in [0.717, 1.165) is 5.56 Å². The van der Waals surface area contributed by atoms with Crippen LogP contribution in [0.3, 0.4) is 0 Å². The Morgan fingerprint density at radius 2 is 1.76 bits per heavy atom. The van der Waals surface area contributed by atoms with Crippen LogP contribution in [0.1, 0.15) is 11.1 Å². The summed E-state index contributed by atoms with van der Waals surface area (Å²) in [5, 5.41) is 9.22. The van der Waals surface area contributed by atoms with Crippen LogP contribution in [0.15, 0.2) is 53.4 Å². The molecule has 0 heterocycles. The molecule has 0 aliphatic rings. The fraction of sp³-hybridized carbons (Fsp3) is 0.200. The highest BCUT2D eigenvalue weighted by atomic mass is 35.5. The summed E-state index contributed by atoms with van der Waals surface area (Å²) in [5.74, 6) is 0. The quantitative estimate of drug-likeness (QED) is 0.856. The third-order valence-electron chi connectivity index (χ3n) is 3.02. The van der Waals surface area contributed by atoms with Crippen molar-refractivity contribution in [2.24, 2.45) is 0 Å². The summed E-state index contributed by atoms with van der Waals surface area (Å²) in [6.07, 6.45) is 0.595. The zero-order valence-corrected chi connectivity index (χ0v) is 12.9. The maximum Gasteiger partial charge on any atom is 0.242 e. The maximum absolute atomic E-state index is 12.2. The third kappa shape index (κ3) is 4.28. The number of hydrogen-bond acceptors (Lipinski definition) is 3. The summed E-state index contributed by atoms with van der Waals surface area (Å²) in [6.45, 7) is 0.0513. The Kier molecular flexibility index (Phi) is 5.36. The molecule has 2 aromatic rings. The van der Waals surface area contributed by atoms with Crippen LogP contribution in [0.4, 0.5) is 0 Å². The minimum absolute atomic E-state index is 0.0104. The standard InChI is InChI=1S/C15H16ClNO3S/c16-14-7-6-13(11-18)10-15(14)21(19,20)17-9-8-12-4-2-1-3-5-12/h1-7,10,17-18H,8-9,11H2. The molecule has 0 spiro atoms. The minimum Gasteiger partial charge on any atom is -0.392 e. The van der Waals surface area contributed by atoms with Crippen molar-refractivity contribution in [3.05, 3.63) is 64.7 Å². The van der Waals surface area contributed by atoms with Crippen LogP contribution in [0, 0.1) is 0 Å². The van der Waals surface area contributed by atoms with Crippen LogP contribution in [0.5, 0.6) is 0 Å². The molecule has 0 saturated carbocycles. The Bertz CT molecular complexity index is 702. The van der Waals surface area contributed by atoms with Gasteiger partial charge in [0, 0.05) is 6.54 Å². The van der Waals surface area contributed by atoms with Gasteiger partial charge in [0.25, 0.3) is 0 Å². The average Bonchev–Trinajstić information content (AvgIpc) is 2.48. The summed E-state index contributed by atoms with van der Waals surface area (Å²) in [7, 11) is -3.69. The first kappa shape index (κ1) is 16.0. The molecule has 0 aromatic heterocycles. The molecular weight excluding hydrogens is 310 g/mol. The molecule has 0 bridgehead atoms. The lowest BCUT2D eigenvalue weighted by Crippen LogP contribution is -2.26. The van der Waals surface area contributed by atoms with Gasteiger partial charge in [-0.25, -0.2) is 13.1 Å². The minimum atomic E-state index is -3.69. The molecule has 2 rings (SSSR count). The highest BCUT2D eigenvalue weighted by molar-refractivity contribution is 7.89. The van der Waals surface area contributed by atoms with E-state index in [1.54, 1.807) is 6.07 Å². The molecule has 0 atom stereocenters. The van der Waals surface area contributed by atoms with Gasteiger partial charge in [-0.3, -0.25) is 0 Å². The van der Waals surface area contributed by atoms with E-state index in [0.29, 0.717) is 12.0 Å². The number of aliphatic hydroxyl groups excluding tert-OH is 1. The first-order valence-corrected chi connectivity index (χ1v) is 8.32. The molecule has 0 amide bonds. The summed E-state index contributed by atoms with van der Waals surface area (Å²) in [4.78, 5) is -0.0104. The van der Waals surface area contributed by atoms with Crippen LogP contribution in [-0.4, -0.2) is 20.1 Å². The molecule has 0 aliphatic carbocycles. The van der Waals surface area contributed by atoms with Crippen molar-refractivity contribution in [1.82, 2.24) is 4.72 Å². The number of benzene rings is 2. The fourth-order valence-electron chi connectivity index (χ4n) is 1.90. The Labute approximate surface area is 129 Å². The van der Waals surface area contributed by atoms with Crippen molar-refractivity contribution in [2.75, 3.05) is 6.54 Å². The molecule has 0 radical (unpaired) electrons. The van der Waals surface area contributed by atoms with Crippen LogP contribution in [-0.2, 0) is 23.1 Å². The lowest BCUT2D eigenvalue weighted by atomic mass is 10.2. The maximum atomic E-state index is 12.2. The number of aliphatic hydroxyl groups is 1. The summed E-state index contributed by atoms with van der Waals surface area (Å²) < 4.78 is 27.0. The number of rotatable bonds is 6. The van der Waals surface area contributed by atoms with Crippen molar-refractivity contribution in [1.29, 1.82) is 0 Å². The normalized spacial score (nSPS) is 11.5. The second-order valence-corrected chi connectivity index (χ2v) is 6.70. The van der Waals surface area contributed by atoms with Crippen LogP contribution in [0.2, 0.25) is 5.02 Å². The van der Waals surface area contributed by atoms with Crippen LogP contribution in [0.25, 0.3) is 0 Å². The SMILES string of the molecule is O=S(=O)(NCCc1ccccc1)c1cc(CO)ccc1Cl. The van der Waals surface area contributed by atoms with Crippen molar-refractivity contribution >= 4 is 21.6 Å². The first-order valence-electron chi connectivity index (χ1n) is 6.46. The van der Waals surface area contributed by atoms with Gasteiger partial charge in [0.15, 0.2) is 0 Å². The van der Waals surface area contributed by atoms with E-state index >= 15 is 0 Å². The van der Waals surface area contributed by atoms with Gasteiger partial charge in [-0.05, 0) is 29.7 Å². The van der Waals surface area contributed by atoms with Crippen LogP contribution >= 0.6 is 11.6 Å². The highest BCUT2D eigenvalue weighted by Crippen LogP contribution is 2.22. The molecule has 0 fully saturated rings. The molecule has 2 N–H and O–H groups in total. The van der Waals surface area contributed by atoms with Gasteiger partial charge >= 0.3 is 0 Å². The van der Waals surface area contributed by atoms with Gasteiger partial charge in [0.05, 0.1) is 11.6 Å². The van der Waals surface area contributed by atoms with E-state index in [1.807, 2.05) is 30.3 Å². The van der Waals surface area contributed by atoms with E-state index in [9.17, 15) is 8.42 Å². The number of halogens is 1. The van der Waals surface area contributed by atoms with Gasteiger partial charge < -0.3 is 5.11 Å². The monoisotopic (exact) mass is 325 g/mol. The zero-order valence-electron chi connectivity index (χ0n) is 11.3. The van der Waals surface area contributed by atoms with Crippen LogP contribution < -0.4 is 4.72 Å². The smallest absolute Gasteiger partial charge is 0.242 e.